The van der Waals surface area contributed by atoms with Gasteiger partial charge in [0, 0.05) is 6.04 Å². The molecular formula is C13H17NO5S. The lowest BCUT2D eigenvalue weighted by Crippen LogP contribution is -2.44. The molecule has 0 aromatic rings. The molecule has 1 saturated heterocycles. The second kappa shape index (κ2) is 4.58. The van der Waals surface area contributed by atoms with E-state index in [1.807, 2.05) is 12.2 Å². The number of carboxylic acid groups (broad SMARTS) is 1. The largest absolute Gasteiger partial charge is 0.481 e. The molecule has 1 heterocycles. The first-order valence-corrected chi connectivity index (χ1v) is 8.61. The number of carbonyl (C=O) groups excluding carboxylic acids is 1. The summed E-state index contributed by atoms with van der Waals surface area (Å²) in [6.07, 6.45) is 4.92. The number of sulfone groups is 1. The lowest BCUT2D eigenvalue weighted by Gasteiger charge is -2.25. The molecule has 3 rings (SSSR count). The smallest absolute Gasteiger partial charge is 0.307 e. The fourth-order valence-corrected chi connectivity index (χ4v) is 5.40. The molecule has 5 atom stereocenters. The summed E-state index contributed by atoms with van der Waals surface area (Å²) in [6.45, 7) is 0. The quantitative estimate of drug-likeness (QED) is 0.704. The highest BCUT2D eigenvalue weighted by molar-refractivity contribution is 7.91. The average molecular weight is 299 g/mol. The third kappa shape index (κ3) is 2.24. The number of fused-ring (bicyclic) bond motifs is 2. The van der Waals surface area contributed by atoms with Gasteiger partial charge < -0.3 is 10.4 Å². The zero-order valence-electron chi connectivity index (χ0n) is 10.9. The molecule has 7 heteroatoms. The number of allylic oxidation sites excluding steroid dienone is 2. The van der Waals surface area contributed by atoms with Crippen LogP contribution >= 0.6 is 0 Å². The Morgan fingerprint density at radius 2 is 1.80 bits per heavy atom. The van der Waals surface area contributed by atoms with Gasteiger partial charge in [-0.1, -0.05) is 12.2 Å². The molecule has 20 heavy (non-hydrogen) atoms. The molecular weight excluding hydrogens is 282 g/mol. The molecule has 1 saturated carbocycles. The molecule has 0 radical (unpaired) electrons. The van der Waals surface area contributed by atoms with Gasteiger partial charge in [0.25, 0.3) is 0 Å². The molecule has 3 aliphatic rings. The van der Waals surface area contributed by atoms with Crippen LogP contribution in [-0.2, 0) is 19.4 Å². The van der Waals surface area contributed by atoms with Gasteiger partial charge in [0.05, 0.1) is 23.3 Å². The van der Waals surface area contributed by atoms with E-state index in [9.17, 15) is 23.1 Å². The first-order chi connectivity index (χ1) is 9.37. The summed E-state index contributed by atoms with van der Waals surface area (Å²) in [5, 5.41) is 12.0. The zero-order chi connectivity index (χ0) is 14.5. The van der Waals surface area contributed by atoms with Crippen molar-refractivity contribution in [3.05, 3.63) is 12.2 Å². The van der Waals surface area contributed by atoms with Gasteiger partial charge in [0.1, 0.15) is 0 Å². The van der Waals surface area contributed by atoms with Crippen LogP contribution in [0.4, 0.5) is 0 Å². The Morgan fingerprint density at radius 1 is 1.15 bits per heavy atom. The molecule has 1 amide bonds. The van der Waals surface area contributed by atoms with E-state index < -0.39 is 27.6 Å². The minimum Gasteiger partial charge on any atom is -0.481 e. The van der Waals surface area contributed by atoms with Crippen molar-refractivity contribution in [1.82, 2.24) is 5.32 Å². The molecule has 0 aromatic heterocycles. The lowest BCUT2D eigenvalue weighted by molar-refractivity contribution is -0.147. The second-order valence-corrected chi connectivity index (χ2v) is 8.18. The first kappa shape index (κ1) is 13.6. The topological polar surface area (TPSA) is 101 Å². The van der Waals surface area contributed by atoms with Crippen LogP contribution in [0.25, 0.3) is 0 Å². The number of carboxylic acids is 1. The molecule has 6 nitrogen and oxygen atoms in total. The number of aliphatic carboxylic acids is 1. The van der Waals surface area contributed by atoms with E-state index >= 15 is 0 Å². The summed E-state index contributed by atoms with van der Waals surface area (Å²) in [7, 11) is -3.05. The molecule has 0 aromatic carbocycles. The predicted molar refractivity (Wildman–Crippen MR) is 70.6 cm³/mol. The maximum absolute atomic E-state index is 12.3. The van der Waals surface area contributed by atoms with Crippen LogP contribution in [0.3, 0.4) is 0 Å². The summed E-state index contributed by atoms with van der Waals surface area (Å²) in [6, 6.07) is -0.370. The van der Waals surface area contributed by atoms with Crippen molar-refractivity contribution in [1.29, 1.82) is 0 Å². The van der Waals surface area contributed by atoms with Crippen molar-refractivity contribution in [3.8, 4) is 0 Å². The molecule has 1 aliphatic heterocycles. The maximum Gasteiger partial charge on any atom is 0.307 e. The van der Waals surface area contributed by atoms with Crippen LogP contribution in [0.15, 0.2) is 12.2 Å². The highest BCUT2D eigenvalue weighted by Gasteiger charge is 2.52. The van der Waals surface area contributed by atoms with Crippen molar-refractivity contribution in [2.75, 3.05) is 11.5 Å². The van der Waals surface area contributed by atoms with E-state index in [-0.39, 0.29) is 35.3 Å². The van der Waals surface area contributed by atoms with Crippen LogP contribution in [0.1, 0.15) is 12.8 Å². The number of hydrogen-bond acceptors (Lipinski definition) is 4. The van der Waals surface area contributed by atoms with Gasteiger partial charge in [-0.3, -0.25) is 9.59 Å². The average Bonchev–Trinajstić information content (AvgIpc) is 3.02. The van der Waals surface area contributed by atoms with Gasteiger partial charge >= 0.3 is 5.97 Å². The Hall–Kier alpha value is -1.37. The van der Waals surface area contributed by atoms with E-state index in [0.29, 0.717) is 12.8 Å². The van der Waals surface area contributed by atoms with Crippen molar-refractivity contribution < 1.29 is 23.1 Å². The fourth-order valence-electron chi connectivity index (χ4n) is 3.72. The monoisotopic (exact) mass is 299 g/mol. The van der Waals surface area contributed by atoms with Gasteiger partial charge in [-0.15, -0.1) is 0 Å². The maximum atomic E-state index is 12.3. The molecule has 2 bridgehead atoms. The Balaban J connectivity index is 1.71. The Morgan fingerprint density at radius 3 is 2.35 bits per heavy atom. The predicted octanol–water partition coefficient (Wildman–Crippen LogP) is -0.187. The Bertz CT molecular complexity index is 582. The number of carbonyl (C=O) groups is 2. The van der Waals surface area contributed by atoms with Crippen LogP contribution in [0, 0.1) is 23.7 Å². The molecule has 110 valence electrons. The third-order valence-electron chi connectivity index (χ3n) is 4.63. The van der Waals surface area contributed by atoms with Crippen LogP contribution in [0.5, 0.6) is 0 Å². The molecule has 0 spiro atoms. The Kier molecular flexibility index (Phi) is 3.12. The standard InChI is InChI=1S/C13H17NO5S/c15-12(14-9-3-4-20(18,19)6-9)10-7-1-2-8(5-7)11(10)13(16)17/h1-2,7-11H,3-6H2,(H,14,15)(H,16,17)/t7-,8-,9+,10+,11+/m0/s1. The van der Waals surface area contributed by atoms with Gasteiger partial charge in [-0.25, -0.2) is 8.42 Å². The van der Waals surface area contributed by atoms with E-state index in [0.717, 1.165) is 0 Å². The van der Waals surface area contributed by atoms with Gasteiger partial charge in [0.15, 0.2) is 9.84 Å². The highest BCUT2D eigenvalue weighted by Crippen LogP contribution is 2.48. The summed E-state index contributed by atoms with van der Waals surface area (Å²) in [5.41, 5.74) is 0. The molecule has 0 unspecified atom stereocenters. The number of nitrogens with one attached hydrogen (secondary N) is 1. The summed E-state index contributed by atoms with van der Waals surface area (Å²) in [4.78, 5) is 23.7. The van der Waals surface area contributed by atoms with Crippen molar-refractivity contribution in [2.45, 2.75) is 18.9 Å². The van der Waals surface area contributed by atoms with Crippen LogP contribution in [0.2, 0.25) is 0 Å². The third-order valence-corrected chi connectivity index (χ3v) is 6.39. The van der Waals surface area contributed by atoms with E-state index in [4.69, 9.17) is 0 Å². The lowest BCUT2D eigenvalue weighted by atomic mass is 9.82. The summed E-state index contributed by atoms with van der Waals surface area (Å²) < 4.78 is 22.8. The SMILES string of the molecule is O=C(O)[C@H]1[C@H](C(=O)N[C@@H]2CCS(=O)(=O)C2)[C@H]2C=C[C@H]1C2. The van der Waals surface area contributed by atoms with Gasteiger partial charge in [-0.2, -0.15) is 0 Å². The van der Waals surface area contributed by atoms with Crippen molar-refractivity contribution >= 4 is 21.7 Å². The van der Waals surface area contributed by atoms with Crippen LogP contribution < -0.4 is 5.32 Å². The number of hydrogen-bond donors (Lipinski definition) is 2. The van der Waals surface area contributed by atoms with E-state index in [2.05, 4.69) is 5.32 Å². The molecule has 2 aliphatic carbocycles. The second-order valence-electron chi connectivity index (χ2n) is 5.95. The minimum atomic E-state index is -3.05. The summed E-state index contributed by atoms with van der Waals surface area (Å²) >= 11 is 0. The van der Waals surface area contributed by atoms with E-state index in [1.165, 1.54) is 0 Å². The molecule has 2 N–H and O–H groups in total. The molecule has 2 fully saturated rings. The first-order valence-electron chi connectivity index (χ1n) is 6.79. The van der Waals surface area contributed by atoms with Crippen molar-refractivity contribution in [2.24, 2.45) is 23.7 Å². The normalized spacial score (nSPS) is 40.9. The Labute approximate surface area is 117 Å². The van der Waals surface area contributed by atoms with Crippen LogP contribution in [-0.4, -0.2) is 42.9 Å². The summed E-state index contributed by atoms with van der Waals surface area (Å²) in [5.74, 6) is -2.53. The van der Waals surface area contributed by atoms with E-state index in [1.54, 1.807) is 0 Å². The van der Waals surface area contributed by atoms with Crippen molar-refractivity contribution in [3.63, 3.8) is 0 Å². The van der Waals surface area contributed by atoms with Gasteiger partial charge in [-0.05, 0) is 24.7 Å². The number of rotatable bonds is 3. The fraction of sp³-hybridized carbons (Fsp3) is 0.692. The zero-order valence-corrected chi connectivity index (χ0v) is 11.7. The van der Waals surface area contributed by atoms with Gasteiger partial charge in [0.2, 0.25) is 5.91 Å². The highest BCUT2D eigenvalue weighted by atomic mass is 32.2. The number of amides is 1. The minimum absolute atomic E-state index is 0.0286.